The number of furan rings is 1. The van der Waals surface area contributed by atoms with E-state index in [0.29, 0.717) is 13.1 Å². The molecule has 2 rings (SSSR count). The Morgan fingerprint density at radius 3 is 2.58 bits per heavy atom. The van der Waals surface area contributed by atoms with Crippen molar-refractivity contribution < 1.29 is 4.42 Å². The first-order valence-electron chi connectivity index (χ1n) is 8.63. The van der Waals surface area contributed by atoms with Gasteiger partial charge in [0, 0.05) is 19.6 Å². The molecule has 0 fully saturated rings. The van der Waals surface area contributed by atoms with Gasteiger partial charge in [0.15, 0.2) is 5.96 Å². The quantitative estimate of drug-likeness (QED) is 0.255. The highest BCUT2D eigenvalue weighted by atomic mass is 127. The zero-order chi connectivity index (χ0) is 17.9. The van der Waals surface area contributed by atoms with Crippen LogP contribution in [-0.2, 0) is 19.6 Å². The molecule has 1 aromatic heterocycles. The van der Waals surface area contributed by atoms with Crippen LogP contribution in [0.4, 0.5) is 0 Å². The molecule has 0 spiro atoms. The van der Waals surface area contributed by atoms with Crippen LogP contribution in [0.1, 0.15) is 23.8 Å². The number of aliphatic imine (C=N–C) groups is 1. The number of nitrogens with zero attached hydrogens (tertiary/aromatic N) is 2. The smallest absolute Gasteiger partial charge is 0.191 e. The Kier molecular flexibility index (Phi) is 10.7. The second-order valence-electron chi connectivity index (χ2n) is 5.89. The summed E-state index contributed by atoms with van der Waals surface area (Å²) in [5, 5.41) is 6.47. The summed E-state index contributed by atoms with van der Waals surface area (Å²) < 4.78 is 5.43. The van der Waals surface area contributed by atoms with Gasteiger partial charge in [-0.1, -0.05) is 30.3 Å². The first-order chi connectivity index (χ1) is 12.2. The second kappa shape index (κ2) is 12.5. The molecule has 2 aromatic rings. The third-order valence-electron chi connectivity index (χ3n) is 3.73. The molecule has 5 nitrogen and oxygen atoms in total. The van der Waals surface area contributed by atoms with Gasteiger partial charge in [-0.05, 0) is 37.2 Å². The summed E-state index contributed by atoms with van der Waals surface area (Å²) >= 11 is 0. The average molecular weight is 468 g/mol. The zero-order valence-electron chi connectivity index (χ0n) is 15.6. The fourth-order valence-corrected chi connectivity index (χ4v) is 2.56. The Morgan fingerprint density at radius 2 is 1.92 bits per heavy atom. The summed E-state index contributed by atoms with van der Waals surface area (Å²) in [7, 11) is 2.10. The monoisotopic (exact) mass is 468 g/mol. The number of rotatable bonds is 9. The van der Waals surface area contributed by atoms with E-state index in [0.717, 1.165) is 31.4 Å². The van der Waals surface area contributed by atoms with Crippen molar-refractivity contribution in [2.75, 3.05) is 20.1 Å². The van der Waals surface area contributed by atoms with Gasteiger partial charge in [0.05, 0.1) is 19.4 Å². The Labute approximate surface area is 173 Å². The molecule has 0 aliphatic heterocycles. The topological polar surface area (TPSA) is 52.8 Å². The lowest BCUT2D eigenvalue weighted by molar-refractivity contribution is 0.287. The molecule has 1 heterocycles. The van der Waals surface area contributed by atoms with Crippen LogP contribution < -0.4 is 10.6 Å². The summed E-state index contributed by atoms with van der Waals surface area (Å²) in [4.78, 5) is 6.91. The van der Waals surface area contributed by atoms with E-state index in [9.17, 15) is 0 Å². The summed E-state index contributed by atoms with van der Waals surface area (Å²) in [5.41, 5.74) is 2.50. The minimum Gasteiger partial charge on any atom is -0.468 e. The summed E-state index contributed by atoms with van der Waals surface area (Å²) in [5.74, 6) is 1.78. The standard InChI is InChI=1S/C20H28N4O.HI/c1-4-12-22-20(21-5-2)23-14-17-9-6-7-10-18(17)15-24(3)16-19-11-8-13-25-19;/h4,6-11,13H,1,5,12,14-16H2,2-3H3,(H2,21,22,23);1H. The van der Waals surface area contributed by atoms with Crippen LogP contribution >= 0.6 is 24.0 Å². The van der Waals surface area contributed by atoms with E-state index in [2.05, 4.69) is 65.3 Å². The molecule has 142 valence electrons. The van der Waals surface area contributed by atoms with Crippen molar-refractivity contribution in [2.24, 2.45) is 4.99 Å². The van der Waals surface area contributed by atoms with Gasteiger partial charge in [-0.2, -0.15) is 0 Å². The number of halogens is 1. The molecule has 0 amide bonds. The minimum atomic E-state index is 0. The summed E-state index contributed by atoms with van der Waals surface area (Å²) in [6.45, 7) is 9.58. The van der Waals surface area contributed by atoms with Gasteiger partial charge in [0.2, 0.25) is 0 Å². The van der Waals surface area contributed by atoms with Crippen LogP contribution in [-0.4, -0.2) is 31.0 Å². The largest absolute Gasteiger partial charge is 0.468 e. The third kappa shape index (κ3) is 7.61. The van der Waals surface area contributed by atoms with E-state index in [1.807, 2.05) is 18.2 Å². The maximum atomic E-state index is 5.43. The number of hydrogen-bond acceptors (Lipinski definition) is 3. The van der Waals surface area contributed by atoms with E-state index >= 15 is 0 Å². The molecule has 0 atom stereocenters. The molecule has 0 aliphatic carbocycles. The maximum Gasteiger partial charge on any atom is 0.191 e. The molecule has 1 aromatic carbocycles. The predicted octanol–water partition coefficient (Wildman–Crippen LogP) is 3.77. The van der Waals surface area contributed by atoms with Crippen molar-refractivity contribution in [1.29, 1.82) is 0 Å². The van der Waals surface area contributed by atoms with E-state index in [1.54, 1.807) is 6.26 Å². The Morgan fingerprint density at radius 1 is 1.15 bits per heavy atom. The Bertz CT molecular complexity index is 670. The molecule has 0 saturated carbocycles. The van der Waals surface area contributed by atoms with Gasteiger partial charge in [-0.15, -0.1) is 30.6 Å². The number of nitrogens with one attached hydrogen (secondary N) is 2. The van der Waals surface area contributed by atoms with Gasteiger partial charge in [0.25, 0.3) is 0 Å². The first kappa shape index (κ1) is 22.2. The van der Waals surface area contributed by atoms with Crippen LogP contribution in [0.3, 0.4) is 0 Å². The normalized spacial score (nSPS) is 11.1. The number of benzene rings is 1. The molecule has 0 aliphatic rings. The van der Waals surface area contributed by atoms with Crippen molar-refractivity contribution >= 4 is 29.9 Å². The molecule has 0 unspecified atom stereocenters. The SMILES string of the molecule is C=CCNC(=NCc1ccccc1CN(C)Cc1ccco1)NCC.I. The number of guanidine groups is 1. The van der Waals surface area contributed by atoms with Gasteiger partial charge >= 0.3 is 0 Å². The van der Waals surface area contributed by atoms with E-state index in [4.69, 9.17) is 4.42 Å². The second-order valence-corrected chi connectivity index (χ2v) is 5.89. The lowest BCUT2D eigenvalue weighted by Gasteiger charge is -2.17. The highest BCUT2D eigenvalue weighted by Crippen LogP contribution is 2.14. The molecule has 2 N–H and O–H groups in total. The average Bonchev–Trinajstić information content (AvgIpc) is 3.11. The molecule has 0 saturated heterocycles. The number of hydrogen-bond donors (Lipinski definition) is 2. The van der Waals surface area contributed by atoms with Crippen molar-refractivity contribution in [1.82, 2.24) is 15.5 Å². The van der Waals surface area contributed by atoms with Gasteiger partial charge < -0.3 is 15.1 Å². The van der Waals surface area contributed by atoms with Crippen LogP contribution in [0.5, 0.6) is 0 Å². The summed E-state index contributed by atoms with van der Waals surface area (Å²) in [6.07, 6.45) is 3.54. The molecular weight excluding hydrogens is 439 g/mol. The highest BCUT2D eigenvalue weighted by Gasteiger charge is 2.07. The lowest BCUT2D eigenvalue weighted by atomic mass is 10.1. The third-order valence-corrected chi connectivity index (χ3v) is 3.73. The first-order valence-corrected chi connectivity index (χ1v) is 8.63. The van der Waals surface area contributed by atoms with Crippen LogP contribution in [0.2, 0.25) is 0 Å². The predicted molar refractivity (Wildman–Crippen MR) is 119 cm³/mol. The van der Waals surface area contributed by atoms with Crippen LogP contribution in [0, 0.1) is 0 Å². The maximum absolute atomic E-state index is 5.43. The van der Waals surface area contributed by atoms with E-state index in [-0.39, 0.29) is 24.0 Å². The van der Waals surface area contributed by atoms with Crippen molar-refractivity contribution in [3.05, 3.63) is 72.2 Å². The minimum absolute atomic E-state index is 0. The molecule has 6 heteroatoms. The Hall–Kier alpha value is -1.80. The molecular formula is C20H29IN4O. The highest BCUT2D eigenvalue weighted by molar-refractivity contribution is 14.0. The zero-order valence-corrected chi connectivity index (χ0v) is 17.9. The van der Waals surface area contributed by atoms with Crippen LogP contribution in [0.15, 0.2) is 64.7 Å². The van der Waals surface area contributed by atoms with Gasteiger partial charge in [-0.3, -0.25) is 4.90 Å². The van der Waals surface area contributed by atoms with E-state index in [1.165, 1.54) is 11.1 Å². The van der Waals surface area contributed by atoms with Gasteiger partial charge in [-0.25, -0.2) is 4.99 Å². The van der Waals surface area contributed by atoms with Gasteiger partial charge in [0.1, 0.15) is 5.76 Å². The van der Waals surface area contributed by atoms with Crippen molar-refractivity contribution in [3.63, 3.8) is 0 Å². The molecule has 26 heavy (non-hydrogen) atoms. The van der Waals surface area contributed by atoms with Crippen LogP contribution in [0.25, 0.3) is 0 Å². The van der Waals surface area contributed by atoms with E-state index < -0.39 is 0 Å². The molecule has 0 bridgehead atoms. The van der Waals surface area contributed by atoms with Crippen molar-refractivity contribution in [3.8, 4) is 0 Å². The Balaban J connectivity index is 0.00000338. The summed E-state index contributed by atoms with van der Waals surface area (Å²) in [6, 6.07) is 12.4. The lowest BCUT2D eigenvalue weighted by Crippen LogP contribution is -2.37. The molecule has 0 radical (unpaired) electrons. The fraction of sp³-hybridized carbons (Fsp3) is 0.350. The fourth-order valence-electron chi connectivity index (χ4n) is 2.56. The van der Waals surface area contributed by atoms with Crippen molar-refractivity contribution in [2.45, 2.75) is 26.6 Å².